The Balaban J connectivity index is 2.05. The third kappa shape index (κ3) is 4.52. The molecule has 1 aliphatic rings. The summed E-state index contributed by atoms with van der Waals surface area (Å²) in [5, 5.41) is 12.4. The highest BCUT2D eigenvalue weighted by Gasteiger charge is 2.25. The van der Waals surface area contributed by atoms with Crippen molar-refractivity contribution in [1.82, 2.24) is 5.32 Å². The van der Waals surface area contributed by atoms with Crippen LogP contribution in [0.4, 0.5) is 0 Å². The van der Waals surface area contributed by atoms with Crippen LogP contribution >= 0.6 is 11.8 Å². The smallest absolute Gasteiger partial charge is 0.251 e. The SMILES string of the molecule is CSC1CCCCC1NC(=O)c1cccc(C#CCO)c1. The van der Waals surface area contributed by atoms with Gasteiger partial charge in [0, 0.05) is 22.4 Å². The lowest BCUT2D eigenvalue weighted by molar-refractivity contribution is 0.0929. The molecule has 4 heteroatoms. The fourth-order valence-electron chi connectivity index (χ4n) is 2.68. The fraction of sp³-hybridized carbons (Fsp3) is 0.471. The number of nitrogens with one attached hydrogen (secondary N) is 1. The van der Waals surface area contributed by atoms with E-state index in [1.165, 1.54) is 19.3 Å². The number of amides is 1. The number of rotatable bonds is 3. The van der Waals surface area contributed by atoms with Gasteiger partial charge in [-0.05, 0) is 37.3 Å². The summed E-state index contributed by atoms with van der Waals surface area (Å²) in [7, 11) is 0. The lowest BCUT2D eigenvalue weighted by Gasteiger charge is -2.30. The van der Waals surface area contributed by atoms with Crippen LogP contribution in [0.5, 0.6) is 0 Å². The van der Waals surface area contributed by atoms with E-state index in [-0.39, 0.29) is 18.6 Å². The summed E-state index contributed by atoms with van der Waals surface area (Å²) >= 11 is 1.84. The summed E-state index contributed by atoms with van der Waals surface area (Å²) in [5.74, 6) is 5.39. The van der Waals surface area contributed by atoms with Crippen LogP contribution in [0, 0.1) is 11.8 Å². The number of benzene rings is 1. The molecule has 1 aliphatic carbocycles. The summed E-state index contributed by atoms with van der Waals surface area (Å²) in [6, 6.07) is 7.49. The van der Waals surface area contributed by atoms with Gasteiger partial charge >= 0.3 is 0 Å². The Morgan fingerprint density at radius 3 is 3.00 bits per heavy atom. The maximum atomic E-state index is 12.4. The Bertz CT molecular complexity index is 547. The maximum absolute atomic E-state index is 12.4. The van der Waals surface area contributed by atoms with Crippen molar-refractivity contribution >= 4 is 17.7 Å². The minimum Gasteiger partial charge on any atom is -0.384 e. The van der Waals surface area contributed by atoms with E-state index < -0.39 is 0 Å². The highest BCUT2D eigenvalue weighted by molar-refractivity contribution is 7.99. The zero-order chi connectivity index (χ0) is 15.1. The van der Waals surface area contributed by atoms with E-state index in [0.29, 0.717) is 10.8 Å². The van der Waals surface area contributed by atoms with Gasteiger partial charge in [0.05, 0.1) is 0 Å². The van der Waals surface area contributed by atoms with Crippen LogP contribution in [0.2, 0.25) is 0 Å². The molecule has 0 bridgehead atoms. The molecular formula is C17H21NO2S. The summed E-state index contributed by atoms with van der Waals surface area (Å²) in [5.41, 5.74) is 1.38. The predicted molar refractivity (Wildman–Crippen MR) is 87.4 cm³/mol. The third-order valence-corrected chi connectivity index (χ3v) is 4.93. The van der Waals surface area contributed by atoms with E-state index in [1.807, 2.05) is 23.9 Å². The first kappa shape index (κ1) is 15.9. The molecule has 0 saturated heterocycles. The van der Waals surface area contributed by atoms with Gasteiger partial charge in [0.1, 0.15) is 6.61 Å². The second-order valence-electron chi connectivity index (χ2n) is 5.18. The molecule has 2 atom stereocenters. The first-order chi connectivity index (χ1) is 10.2. The lowest BCUT2D eigenvalue weighted by atomic mass is 9.94. The number of aliphatic hydroxyl groups excluding tert-OH is 1. The van der Waals surface area contributed by atoms with Gasteiger partial charge < -0.3 is 10.4 Å². The topological polar surface area (TPSA) is 49.3 Å². The summed E-state index contributed by atoms with van der Waals surface area (Å²) in [4.78, 5) is 12.4. The molecule has 0 spiro atoms. The van der Waals surface area contributed by atoms with Crippen molar-refractivity contribution in [2.75, 3.05) is 12.9 Å². The molecule has 2 rings (SSSR count). The van der Waals surface area contributed by atoms with Crippen LogP contribution < -0.4 is 5.32 Å². The lowest BCUT2D eigenvalue weighted by Crippen LogP contribution is -2.43. The number of hydrogen-bond acceptors (Lipinski definition) is 3. The summed E-state index contributed by atoms with van der Waals surface area (Å²) in [6.45, 7) is -0.173. The van der Waals surface area contributed by atoms with Crippen molar-refractivity contribution in [3.05, 3.63) is 35.4 Å². The zero-order valence-corrected chi connectivity index (χ0v) is 13.1. The number of hydrogen-bond donors (Lipinski definition) is 2. The van der Waals surface area contributed by atoms with E-state index >= 15 is 0 Å². The van der Waals surface area contributed by atoms with Crippen molar-refractivity contribution in [3.63, 3.8) is 0 Å². The quantitative estimate of drug-likeness (QED) is 0.843. The molecule has 2 unspecified atom stereocenters. The van der Waals surface area contributed by atoms with Crippen LogP contribution in [0.15, 0.2) is 24.3 Å². The third-order valence-electron chi connectivity index (χ3n) is 3.76. The molecular weight excluding hydrogens is 282 g/mol. The van der Waals surface area contributed by atoms with Gasteiger partial charge in [-0.2, -0.15) is 11.8 Å². The van der Waals surface area contributed by atoms with Crippen LogP contribution in [0.25, 0.3) is 0 Å². The van der Waals surface area contributed by atoms with Crippen molar-refractivity contribution in [2.45, 2.75) is 37.0 Å². The molecule has 0 aromatic heterocycles. The molecule has 2 N–H and O–H groups in total. The molecule has 0 aliphatic heterocycles. The highest BCUT2D eigenvalue weighted by Crippen LogP contribution is 2.27. The van der Waals surface area contributed by atoms with Crippen LogP contribution in [-0.2, 0) is 0 Å². The fourth-order valence-corrected chi connectivity index (χ4v) is 3.61. The molecule has 0 heterocycles. The maximum Gasteiger partial charge on any atom is 0.251 e. The molecule has 1 amide bonds. The van der Waals surface area contributed by atoms with Crippen molar-refractivity contribution in [1.29, 1.82) is 0 Å². The predicted octanol–water partition coefficient (Wildman–Crippen LogP) is 2.43. The standard InChI is InChI=1S/C17H21NO2S/c1-21-16-10-3-2-9-15(16)18-17(20)14-8-4-6-13(12-14)7-5-11-19/h4,6,8,12,15-16,19H,2-3,9-11H2,1H3,(H,18,20). The van der Waals surface area contributed by atoms with Gasteiger partial charge in [0.25, 0.3) is 5.91 Å². The van der Waals surface area contributed by atoms with E-state index in [1.54, 1.807) is 12.1 Å². The first-order valence-corrected chi connectivity index (χ1v) is 8.57. The van der Waals surface area contributed by atoms with Gasteiger partial charge in [-0.25, -0.2) is 0 Å². The van der Waals surface area contributed by atoms with Gasteiger partial charge in [0.2, 0.25) is 0 Å². The van der Waals surface area contributed by atoms with Crippen molar-refractivity contribution in [2.24, 2.45) is 0 Å². The van der Waals surface area contributed by atoms with Crippen molar-refractivity contribution < 1.29 is 9.90 Å². The number of thioether (sulfide) groups is 1. The normalized spacial score (nSPS) is 21.2. The largest absolute Gasteiger partial charge is 0.384 e. The van der Waals surface area contributed by atoms with Gasteiger partial charge in [-0.1, -0.05) is 30.7 Å². The van der Waals surface area contributed by atoms with Crippen LogP contribution in [0.3, 0.4) is 0 Å². The Morgan fingerprint density at radius 1 is 1.43 bits per heavy atom. The summed E-state index contributed by atoms with van der Waals surface area (Å²) in [6.07, 6.45) is 6.78. The summed E-state index contributed by atoms with van der Waals surface area (Å²) < 4.78 is 0. The number of carbonyl (C=O) groups is 1. The number of aliphatic hydroxyl groups is 1. The van der Waals surface area contributed by atoms with E-state index in [2.05, 4.69) is 23.4 Å². The molecule has 1 aromatic carbocycles. The van der Waals surface area contributed by atoms with E-state index in [4.69, 9.17) is 5.11 Å². The van der Waals surface area contributed by atoms with E-state index in [0.717, 1.165) is 12.0 Å². The minimum absolute atomic E-state index is 0.0337. The number of carbonyl (C=O) groups excluding carboxylic acids is 1. The van der Waals surface area contributed by atoms with Gasteiger partial charge in [-0.15, -0.1) is 0 Å². The van der Waals surface area contributed by atoms with E-state index in [9.17, 15) is 4.79 Å². The molecule has 112 valence electrons. The average molecular weight is 303 g/mol. The van der Waals surface area contributed by atoms with Crippen LogP contribution in [0.1, 0.15) is 41.6 Å². The molecule has 3 nitrogen and oxygen atoms in total. The Labute approximate surface area is 130 Å². The zero-order valence-electron chi connectivity index (χ0n) is 12.3. The van der Waals surface area contributed by atoms with Crippen molar-refractivity contribution in [3.8, 4) is 11.8 Å². The Hall–Kier alpha value is -1.44. The Morgan fingerprint density at radius 2 is 2.24 bits per heavy atom. The van der Waals surface area contributed by atoms with Crippen LogP contribution in [-0.4, -0.2) is 35.2 Å². The second kappa shape index (κ2) is 8.11. The molecule has 21 heavy (non-hydrogen) atoms. The van der Waals surface area contributed by atoms with Gasteiger partial charge in [0.15, 0.2) is 0 Å². The first-order valence-electron chi connectivity index (χ1n) is 7.28. The molecule has 1 fully saturated rings. The molecule has 1 aromatic rings. The van der Waals surface area contributed by atoms with Gasteiger partial charge in [-0.3, -0.25) is 4.79 Å². The second-order valence-corrected chi connectivity index (χ2v) is 6.26. The average Bonchev–Trinajstić information content (AvgIpc) is 2.53. The molecule has 0 radical (unpaired) electrons. The highest BCUT2D eigenvalue weighted by atomic mass is 32.2. The molecule has 1 saturated carbocycles. The Kier molecular flexibility index (Phi) is 6.16. The minimum atomic E-state index is -0.173. The monoisotopic (exact) mass is 303 g/mol.